The third kappa shape index (κ3) is 3.28. The molecule has 1 aliphatic heterocycles. The molecule has 6 nitrogen and oxygen atoms in total. The van der Waals surface area contributed by atoms with Crippen molar-refractivity contribution in [2.75, 3.05) is 20.0 Å². The lowest BCUT2D eigenvalue weighted by Gasteiger charge is -2.21. The molecule has 0 aliphatic carbocycles. The Balaban J connectivity index is 2.20. The van der Waals surface area contributed by atoms with E-state index in [4.69, 9.17) is 15.2 Å². The van der Waals surface area contributed by atoms with Crippen molar-refractivity contribution in [3.05, 3.63) is 59.2 Å². The van der Waals surface area contributed by atoms with Crippen molar-refractivity contribution < 1.29 is 14.3 Å². The second kappa shape index (κ2) is 6.84. The van der Waals surface area contributed by atoms with E-state index < -0.39 is 6.09 Å². The van der Waals surface area contributed by atoms with Gasteiger partial charge in [-0.05, 0) is 43.2 Å². The zero-order chi connectivity index (χ0) is 18.0. The van der Waals surface area contributed by atoms with Crippen molar-refractivity contribution >= 4 is 17.5 Å². The van der Waals surface area contributed by atoms with Gasteiger partial charge < -0.3 is 15.2 Å². The summed E-state index contributed by atoms with van der Waals surface area (Å²) in [5, 5.41) is 6.01. The van der Waals surface area contributed by atoms with E-state index in [1.165, 1.54) is 12.1 Å². The average molecular weight is 339 g/mol. The fourth-order valence-electron chi connectivity index (χ4n) is 2.91. The van der Waals surface area contributed by atoms with Crippen LogP contribution >= 0.6 is 0 Å². The number of rotatable bonds is 2. The highest BCUT2D eigenvalue weighted by molar-refractivity contribution is 6.14. The van der Waals surface area contributed by atoms with Crippen LogP contribution in [0.25, 0.3) is 0 Å². The maximum atomic E-state index is 12.2. The van der Waals surface area contributed by atoms with Crippen molar-refractivity contribution in [1.82, 2.24) is 5.01 Å². The number of anilines is 1. The van der Waals surface area contributed by atoms with Crippen LogP contribution in [0.4, 0.5) is 10.5 Å². The highest BCUT2D eigenvalue weighted by Gasteiger charge is 2.28. The van der Waals surface area contributed by atoms with Crippen LogP contribution in [0.5, 0.6) is 5.75 Å². The predicted octanol–water partition coefficient (Wildman–Crippen LogP) is 3.04. The first-order chi connectivity index (χ1) is 12.0. The van der Waals surface area contributed by atoms with Crippen LogP contribution in [0.1, 0.15) is 23.6 Å². The van der Waals surface area contributed by atoms with Gasteiger partial charge in [-0.15, -0.1) is 0 Å². The summed E-state index contributed by atoms with van der Waals surface area (Å²) in [6.45, 7) is 1.94. The molecule has 6 heteroatoms. The van der Waals surface area contributed by atoms with Crippen LogP contribution in [-0.2, 0) is 11.2 Å². The first-order valence-corrected chi connectivity index (χ1v) is 8.02. The summed E-state index contributed by atoms with van der Waals surface area (Å²) in [4.78, 5) is 12.2. The van der Waals surface area contributed by atoms with Gasteiger partial charge in [-0.1, -0.05) is 18.2 Å². The van der Waals surface area contributed by atoms with E-state index >= 15 is 0 Å². The van der Waals surface area contributed by atoms with Crippen LogP contribution in [0.2, 0.25) is 0 Å². The van der Waals surface area contributed by atoms with Crippen LogP contribution < -0.4 is 10.5 Å². The molecule has 1 aliphatic rings. The number of hydrogen-bond donors (Lipinski definition) is 1. The zero-order valence-corrected chi connectivity index (χ0v) is 14.5. The minimum atomic E-state index is -0.486. The van der Waals surface area contributed by atoms with Crippen LogP contribution in [0, 0.1) is 0 Å². The highest BCUT2D eigenvalue weighted by atomic mass is 16.5. The van der Waals surface area contributed by atoms with Gasteiger partial charge in [0.05, 0.1) is 26.0 Å². The fraction of sp³-hybridized carbons (Fsp3) is 0.263. The van der Waals surface area contributed by atoms with Crippen molar-refractivity contribution in [2.24, 2.45) is 5.10 Å². The molecule has 2 aromatic carbocycles. The molecule has 0 saturated heterocycles. The van der Waals surface area contributed by atoms with Gasteiger partial charge in [0.2, 0.25) is 0 Å². The molecular formula is C19H21N3O3. The second-order valence-electron chi connectivity index (χ2n) is 5.96. The molecule has 3 rings (SSSR count). The first kappa shape index (κ1) is 16.8. The van der Waals surface area contributed by atoms with E-state index in [0.717, 1.165) is 22.4 Å². The van der Waals surface area contributed by atoms with Crippen LogP contribution in [0.15, 0.2) is 47.6 Å². The Kier molecular flexibility index (Phi) is 4.61. The number of hydrogen-bond acceptors (Lipinski definition) is 5. The van der Waals surface area contributed by atoms with E-state index in [2.05, 4.69) is 5.10 Å². The summed E-state index contributed by atoms with van der Waals surface area (Å²) in [5.74, 6) is 0.737. The smallest absolute Gasteiger partial charge is 0.430 e. The van der Waals surface area contributed by atoms with Gasteiger partial charge in [-0.2, -0.15) is 10.1 Å². The molecule has 0 saturated carbocycles. The molecule has 0 spiro atoms. The van der Waals surface area contributed by atoms with E-state index in [0.29, 0.717) is 17.8 Å². The molecule has 1 heterocycles. The molecule has 1 amide bonds. The normalized spacial score (nSPS) is 16.5. The lowest BCUT2D eigenvalue weighted by atomic mass is 9.94. The molecule has 0 fully saturated rings. The lowest BCUT2D eigenvalue weighted by Crippen LogP contribution is -2.35. The number of nitrogens with zero attached hydrogens (tertiary/aromatic N) is 2. The van der Waals surface area contributed by atoms with Gasteiger partial charge >= 0.3 is 6.09 Å². The molecule has 1 unspecified atom stereocenters. The Morgan fingerprint density at radius 2 is 1.92 bits per heavy atom. The highest BCUT2D eigenvalue weighted by Crippen LogP contribution is 2.27. The number of carbonyl (C=O) groups is 1. The first-order valence-electron chi connectivity index (χ1n) is 8.02. The summed E-state index contributed by atoms with van der Waals surface area (Å²) in [6.07, 6.45) is 0.177. The quantitative estimate of drug-likeness (QED) is 0.853. The van der Waals surface area contributed by atoms with Gasteiger partial charge in [-0.25, -0.2) is 4.79 Å². The van der Waals surface area contributed by atoms with E-state index in [1.807, 2.05) is 49.4 Å². The number of hydrazone groups is 1. The van der Waals surface area contributed by atoms with Gasteiger partial charge in [0.15, 0.2) is 0 Å². The zero-order valence-electron chi connectivity index (χ0n) is 14.5. The lowest BCUT2D eigenvalue weighted by molar-refractivity contribution is 0.110. The number of methoxy groups -OCH3 is 2. The van der Waals surface area contributed by atoms with Gasteiger partial charge in [-0.3, -0.25) is 0 Å². The van der Waals surface area contributed by atoms with Gasteiger partial charge in [0, 0.05) is 16.8 Å². The molecule has 2 N–H and O–H groups in total. The van der Waals surface area contributed by atoms with Crippen molar-refractivity contribution in [1.29, 1.82) is 0 Å². The number of nitrogens with two attached hydrogens (primary N) is 1. The Labute approximate surface area is 146 Å². The third-order valence-corrected chi connectivity index (χ3v) is 4.26. The van der Waals surface area contributed by atoms with Crippen LogP contribution in [0.3, 0.4) is 0 Å². The molecule has 0 bridgehead atoms. The Bertz CT molecular complexity index is 815. The predicted molar refractivity (Wildman–Crippen MR) is 96.9 cm³/mol. The standard InChI is InChI=1S/C19H21N3O3/c1-12-10-14-6-9-16(24-2)11-17(14)18(21-22(12)19(23)25-3)13-4-7-15(20)8-5-13/h4-9,11-12H,10,20H2,1-3H3. The molecule has 0 aromatic heterocycles. The summed E-state index contributed by atoms with van der Waals surface area (Å²) in [5.41, 5.74) is 10.0. The topological polar surface area (TPSA) is 77.2 Å². The van der Waals surface area contributed by atoms with Crippen LogP contribution in [-0.4, -0.2) is 37.1 Å². The Hall–Kier alpha value is -3.02. The van der Waals surface area contributed by atoms with Gasteiger partial charge in [0.25, 0.3) is 0 Å². The number of fused-ring (bicyclic) bond motifs is 1. The number of ether oxygens (including phenoxy) is 2. The monoisotopic (exact) mass is 339 g/mol. The largest absolute Gasteiger partial charge is 0.497 e. The number of benzene rings is 2. The summed E-state index contributed by atoms with van der Waals surface area (Å²) >= 11 is 0. The molecule has 0 radical (unpaired) electrons. The fourth-order valence-corrected chi connectivity index (χ4v) is 2.91. The summed E-state index contributed by atoms with van der Waals surface area (Å²) in [7, 11) is 2.98. The summed E-state index contributed by atoms with van der Waals surface area (Å²) in [6, 6.07) is 13.1. The van der Waals surface area contributed by atoms with Gasteiger partial charge in [0.1, 0.15) is 5.75 Å². The van der Waals surface area contributed by atoms with E-state index in [9.17, 15) is 4.79 Å². The minimum Gasteiger partial charge on any atom is -0.497 e. The maximum Gasteiger partial charge on any atom is 0.430 e. The van der Waals surface area contributed by atoms with Crippen molar-refractivity contribution in [3.63, 3.8) is 0 Å². The second-order valence-corrected chi connectivity index (χ2v) is 5.96. The average Bonchev–Trinajstić information content (AvgIpc) is 2.77. The molecule has 2 aromatic rings. The number of nitrogen functional groups attached to an aromatic ring is 1. The number of carbonyl (C=O) groups excluding carboxylic acids is 1. The van der Waals surface area contributed by atoms with E-state index in [1.54, 1.807) is 7.11 Å². The number of amides is 1. The maximum absolute atomic E-state index is 12.2. The molecule has 1 atom stereocenters. The molecular weight excluding hydrogens is 318 g/mol. The molecule has 25 heavy (non-hydrogen) atoms. The minimum absolute atomic E-state index is 0.133. The Morgan fingerprint density at radius 1 is 1.20 bits per heavy atom. The molecule has 130 valence electrons. The van der Waals surface area contributed by atoms with Crippen molar-refractivity contribution in [3.8, 4) is 5.75 Å². The summed E-state index contributed by atoms with van der Waals surface area (Å²) < 4.78 is 10.3. The SMILES string of the molecule is COC(=O)N1N=C(c2ccc(N)cc2)c2cc(OC)ccc2CC1C. The van der Waals surface area contributed by atoms with E-state index in [-0.39, 0.29) is 6.04 Å². The Morgan fingerprint density at radius 3 is 2.56 bits per heavy atom. The van der Waals surface area contributed by atoms with Crippen molar-refractivity contribution in [2.45, 2.75) is 19.4 Å². The third-order valence-electron chi connectivity index (χ3n) is 4.26.